The molecule has 4 aromatic rings. The fraction of sp³-hybridized carbons (Fsp3) is 0.300. The number of rotatable bonds is 6. The average Bonchev–Trinajstić information content (AvgIpc) is 3.77. The van der Waals surface area contributed by atoms with E-state index >= 15 is 0 Å². The molecule has 0 unspecified atom stereocenters. The van der Waals surface area contributed by atoms with Crippen LogP contribution in [0.15, 0.2) is 101 Å². The van der Waals surface area contributed by atoms with E-state index in [1.807, 2.05) is 48.5 Å². The van der Waals surface area contributed by atoms with Gasteiger partial charge in [-0.2, -0.15) is 10.2 Å². The van der Waals surface area contributed by atoms with Crippen molar-refractivity contribution >= 4 is 57.0 Å². The van der Waals surface area contributed by atoms with Crippen LogP contribution >= 0.6 is 35.1 Å². The minimum absolute atomic E-state index is 0.0701. The molecule has 4 atom stereocenters. The van der Waals surface area contributed by atoms with Gasteiger partial charge in [0, 0.05) is 53.0 Å². The van der Waals surface area contributed by atoms with Crippen molar-refractivity contribution in [1.29, 1.82) is 0 Å². The Morgan fingerprint density at radius 2 is 1.18 bits per heavy atom. The molecule has 4 aliphatic heterocycles. The van der Waals surface area contributed by atoms with Crippen LogP contribution in [0.4, 0.5) is 8.78 Å². The molecule has 10 nitrogen and oxygen atoms in total. The Kier molecular flexibility index (Phi) is 11.2. The Morgan fingerprint density at radius 1 is 0.727 bits per heavy atom. The lowest BCUT2D eigenvalue weighted by molar-refractivity contribution is -0.135. The lowest BCUT2D eigenvalue weighted by atomic mass is 9.86. The van der Waals surface area contributed by atoms with Crippen LogP contribution in [-0.4, -0.2) is 58.2 Å². The summed E-state index contributed by atoms with van der Waals surface area (Å²) in [5, 5.41) is 13.3. The van der Waals surface area contributed by atoms with E-state index in [2.05, 4.69) is 10.2 Å². The number of hydrogen-bond acceptors (Lipinski definition) is 10. The summed E-state index contributed by atoms with van der Waals surface area (Å²) in [6.45, 7) is 4.65. The zero-order chi connectivity index (χ0) is 38.9. The molecular formula is C40H39ClF2N6O4S2. The molecule has 55 heavy (non-hydrogen) atoms. The summed E-state index contributed by atoms with van der Waals surface area (Å²) in [5.41, 5.74) is 14.1. The van der Waals surface area contributed by atoms with Gasteiger partial charge in [-0.25, -0.2) is 18.8 Å². The van der Waals surface area contributed by atoms with E-state index in [-0.39, 0.29) is 35.0 Å². The highest BCUT2D eigenvalue weighted by molar-refractivity contribution is 8.15. The minimum atomic E-state index is -0.843. The number of halogens is 3. The molecule has 0 saturated heterocycles. The lowest BCUT2D eigenvalue weighted by Crippen LogP contribution is -2.51. The molecule has 0 saturated carbocycles. The van der Waals surface area contributed by atoms with Crippen molar-refractivity contribution in [1.82, 2.24) is 10.0 Å². The monoisotopic (exact) mass is 804 g/mol. The van der Waals surface area contributed by atoms with Crippen LogP contribution in [0.2, 0.25) is 5.02 Å². The van der Waals surface area contributed by atoms with Crippen molar-refractivity contribution in [2.24, 2.45) is 33.5 Å². The van der Waals surface area contributed by atoms with Gasteiger partial charge < -0.3 is 20.9 Å². The maximum Gasteiger partial charge on any atom is 0.241 e. The first kappa shape index (κ1) is 38.8. The second-order valence-corrected chi connectivity index (χ2v) is 16.2. The van der Waals surface area contributed by atoms with Crippen molar-refractivity contribution in [3.63, 3.8) is 0 Å². The molecule has 0 aliphatic carbocycles. The molecule has 4 aromatic carbocycles. The van der Waals surface area contributed by atoms with E-state index in [9.17, 15) is 18.4 Å². The van der Waals surface area contributed by atoms with Gasteiger partial charge in [0.05, 0.1) is 13.2 Å². The van der Waals surface area contributed by atoms with E-state index in [0.29, 0.717) is 65.6 Å². The summed E-state index contributed by atoms with van der Waals surface area (Å²) < 4.78 is 40.8. The quantitative estimate of drug-likeness (QED) is 0.208. The molecule has 2 amide bonds. The third kappa shape index (κ3) is 6.88. The number of benzene rings is 4. The van der Waals surface area contributed by atoms with Gasteiger partial charge in [-0.15, -0.1) is 0 Å². The highest BCUT2D eigenvalue weighted by Crippen LogP contribution is 2.59. The van der Waals surface area contributed by atoms with Gasteiger partial charge in [-0.3, -0.25) is 9.59 Å². The second kappa shape index (κ2) is 15.9. The smallest absolute Gasteiger partial charge is 0.241 e. The van der Waals surface area contributed by atoms with Crippen molar-refractivity contribution in [3.05, 3.63) is 130 Å². The molecule has 4 aliphatic rings. The zero-order valence-electron chi connectivity index (χ0n) is 30.1. The molecule has 4 heterocycles. The van der Waals surface area contributed by atoms with E-state index in [1.54, 1.807) is 18.2 Å². The Hall–Kier alpha value is -4.47. The van der Waals surface area contributed by atoms with Gasteiger partial charge in [0.25, 0.3) is 0 Å². The van der Waals surface area contributed by atoms with Gasteiger partial charge in [-0.05, 0) is 68.4 Å². The summed E-state index contributed by atoms with van der Waals surface area (Å²) in [6.07, 6.45) is 1.29. The van der Waals surface area contributed by atoms with Gasteiger partial charge >= 0.3 is 0 Å². The number of nitrogens with zero attached hydrogens (tertiary/aromatic N) is 4. The van der Waals surface area contributed by atoms with Crippen LogP contribution in [0.25, 0.3) is 0 Å². The molecule has 8 rings (SSSR count). The highest BCUT2D eigenvalue weighted by atomic mass is 35.5. The number of carbonyl (C=O) groups is 2. The summed E-state index contributed by atoms with van der Waals surface area (Å²) in [4.78, 5) is 23.6. The fourth-order valence-corrected chi connectivity index (χ4v) is 10.8. The molecule has 0 bridgehead atoms. The molecule has 15 heteroatoms. The summed E-state index contributed by atoms with van der Waals surface area (Å²) >= 11 is 8.85. The van der Waals surface area contributed by atoms with Crippen molar-refractivity contribution in [2.75, 3.05) is 26.3 Å². The standard InChI is InChI=1S/C20H19ClFN3O2S.C20H20FN3O2S/c1-12(26)25-20(28-19(24-25)15-10-14(21)6-7-17(15)22)13(8-9-23)11-27-18-5-3-2-4-16(18)20;1-13(25)24-20(27-19(23-24)15-6-2-4-8-17(15)21)14(10-11-22)12-26-18-9-5-3-7-16(18)20/h2-7,10,13H,8-9,11,23H2,1H3;2-9,14H,10-12,22H2,1H3/t13-,20-;14-,20-/m01/s1. The van der Waals surface area contributed by atoms with E-state index in [1.165, 1.54) is 71.7 Å². The summed E-state index contributed by atoms with van der Waals surface area (Å²) in [5.74, 6) is -0.000621. The third-order valence-electron chi connectivity index (χ3n) is 9.94. The van der Waals surface area contributed by atoms with E-state index in [4.69, 9.17) is 32.5 Å². The molecule has 2 spiro atoms. The number of hydrazone groups is 2. The van der Waals surface area contributed by atoms with Gasteiger partial charge in [-0.1, -0.05) is 83.7 Å². The van der Waals surface area contributed by atoms with Crippen LogP contribution in [-0.2, 0) is 19.3 Å². The maximum atomic E-state index is 14.5. The predicted molar refractivity (Wildman–Crippen MR) is 213 cm³/mol. The van der Waals surface area contributed by atoms with Crippen LogP contribution in [0.5, 0.6) is 11.5 Å². The average molecular weight is 805 g/mol. The van der Waals surface area contributed by atoms with Crippen LogP contribution < -0.4 is 20.9 Å². The van der Waals surface area contributed by atoms with Gasteiger partial charge in [0.15, 0.2) is 9.74 Å². The predicted octanol–water partition coefficient (Wildman–Crippen LogP) is 7.24. The second-order valence-electron chi connectivity index (χ2n) is 13.3. The lowest BCUT2D eigenvalue weighted by Gasteiger charge is -2.45. The Bertz CT molecular complexity index is 2190. The first-order valence-corrected chi connectivity index (χ1v) is 19.8. The van der Waals surface area contributed by atoms with E-state index in [0.717, 1.165) is 16.9 Å². The molecule has 0 radical (unpaired) electrons. The Balaban J connectivity index is 0.000000169. The number of thioether (sulfide) groups is 2. The normalized spacial score (nSPS) is 23.5. The maximum absolute atomic E-state index is 14.5. The number of ether oxygens (including phenoxy) is 2. The number of hydrogen-bond donors (Lipinski definition) is 2. The van der Waals surface area contributed by atoms with Crippen molar-refractivity contribution < 1.29 is 27.8 Å². The third-order valence-corrected chi connectivity index (χ3v) is 13.2. The number of carbonyl (C=O) groups excluding carboxylic acids is 2. The summed E-state index contributed by atoms with van der Waals surface area (Å²) in [6, 6.07) is 26.0. The minimum Gasteiger partial charge on any atom is -0.493 e. The number of amides is 2. The van der Waals surface area contributed by atoms with Gasteiger partial charge in [0.1, 0.15) is 33.2 Å². The van der Waals surface area contributed by atoms with Crippen LogP contribution in [0, 0.1) is 23.5 Å². The van der Waals surface area contributed by atoms with Gasteiger partial charge in [0.2, 0.25) is 11.8 Å². The first-order chi connectivity index (χ1) is 26.5. The molecule has 0 aromatic heterocycles. The number of fused-ring (bicyclic) bond motifs is 4. The van der Waals surface area contributed by atoms with Crippen molar-refractivity contribution in [2.45, 2.75) is 36.4 Å². The molecule has 4 N–H and O–H groups in total. The van der Waals surface area contributed by atoms with Crippen LogP contribution in [0.1, 0.15) is 48.9 Å². The molecule has 0 fully saturated rings. The van der Waals surface area contributed by atoms with Crippen molar-refractivity contribution in [3.8, 4) is 11.5 Å². The number of nitrogens with two attached hydrogens (primary N) is 2. The van der Waals surface area contributed by atoms with E-state index < -0.39 is 15.6 Å². The largest absolute Gasteiger partial charge is 0.493 e. The summed E-state index contributed by atoms with van der Waals surface area (Å²) in [7, 11) is 0. The van der Waals surface area contributed by atoms with Crippen LogP contribution in [0.3, 0.4) is 0 Å². The Labute approximate surface area is 331 Å². The zero-order valence-corrected chi connectivity index (χ0v) is 32.5. The SMILES string of the molecule is CC(=O)N1N=C(c2cc(Cl)ccc2F)S[C@@]12c1ccccc1OC[C@@H]2CCN.CC(=O)N1N=C(c2ccccc2F)S[C@]12c1ccccc1OC[C@H]2CCN. The topological polar surface area (TPSA) is 136 Å². The first-order valence-electron chi connectivity index (χ1n) is 17.8. The number of para-hydroxylation sites is 2. The molecule has 286 valence electrons. The Morgan fingerprint density at radius 3 is 1.67 bits per heavy atom. The highest BCUT2D eigenvalue weighted by Gasteiger charge is 2.57. The molecular weight excluding hydrogens is 766 g/mol. The fourth-order valence-electron chi connectivity index (χ4n) is 7.51.